The predicted octanol–water partition coefficient (Wildman–Crippen LogP) is 4.55. The van der Waals surface area contributed by atoms with Crippen molar-refractivity contribution in [3.63, 3.8) is 0 Å². The van der Waals surface area contributed by atoms with Gasteiger partial charge in [0.25, 0.3) is 5.91 Å². The minimum atomic E-state index is -0.384. The Bertz CT molecular complexity index is 1570. The highest BCUT2D eigenvalue weighted by Crippen LogP contribution is 2.30. The van der Waals surface area contributed by atoms with E-state index >= 15 is 0 Å². The number of benzene rings is 2. The van der Waals surface area contributed by atoms with Crippen LogP contribution in [0.1, 0.15) is 48.0 Å². The van der Waals surface area contributed by atoms with Gasteiger partial charge in [-0.15, -0.1) is 0 Å². The van der Waals surface area contributed by atoms with Crippen molar-refractivity contribution in [2.24, 2.45) is 0 Å². The van der Waals surface area contributed by atoms with Gasteiger partial charge in [-0.1, -0.05) is 6.07 Å². The second kappa shape index (κ2) is 12.3. The fourth-order valence-electron chi connectivity index (χ4n) is 6.18. The molecular formula is C32H35FN6O3. The first-order valence-corrected chi connectivity index (χ1v) is 14.6. The number of carbonyl (C=O) groups excluding carboxylic acids is 2. The lowest BCUT2D eigenvalue weighted by molar-refractivity contribution is -0.139. The molecular weight excluding hydrogens is 535 g/mol. The van der Waals surface area contributed by atoms with Crippen LogP contribution in [0.5, 0.6) is 5.75 Å². The number of fused-ring (bicyclic) bond motifs is 1. The first-order chi connectivity index (χ1) is 20.5. The Morgan fingerprint density at radius 2 is 1.88 bits per heavy atom. The van der Waals surface area contributed by atoms with Gasteiger partial charge in [-0.3, -0.25) is 24.6 Å². The number of methoxy groups -OCH3 is 1. The van der Waals surface area contributed by atoms with Crippen LogP contribution in [0.2, 0.25) is 0 Å². The number of pyridine rings is 1. The van der Waals surface area contributed by atoms with E-state index in [9.17, 15) is 14.0 Å². The average molecular weight is 571 g/mol. The molecule has 2 amide bonds. The third-order valence-corrected chi connectivity index (χ3v) is 8.41. The molecule has 0 bridgehead atoms. The van der Waals surface area contributed by atoms with Gasteiger partial charge in [0.2, 0.25) is 5.91 Å². The number of aromatic amines is 1. The molecule has 2 saturated heterocycles. The number of H-pyrrole nitrogens is 1. The molecule has 2 aliphatic heterocycles. The van der Waals surface area contributed by atoms with Gasteiger partial charge in [-0.25, -0.2) is 4.39 Å². The molecule has 9 nitrogen and oxygen atoms in total. The maximum absolute atomic E-state index is 15.0. The number of nitrogens with one attached hydrogen (secondary N) is 2. The molecule has 4 heterocycles. The van der Waals surface area contributed by atoms with Crippen molar-refractivity contribution in [2.75, 3.05) is 26.7 Å². The van der Waals surface area contributed by atoms with E-state index in [-0.39, 0.29) is 36.3 Å². The maximum Gasteiger partial charge on any atom is 0.251 e. The zero-order valence-corrected chi connectivity index (χ0v) is 23.7. The van der Waals surface area contributed by atoms with E-state index in [1.165, 1.54) is 13.2 Å². The van der Waals surface area contributed by atoms with E-state index in [1.807, 2.05) is 34.1 Å². The molecule has 2 atom stereocenters. The number of nitrogens with zero attached hydrogens (tertiary/aromatic N) is 4. The molecule has 2 aromatic carbocycles. The number of hydrogen-bond donors (Lipinski definition) is 2. The summed E-state index contributed by atoms with van der Waals surface area (Å²) in [6.07, 6.45) is 7.78. The van der Waals surface area contributed by atoms with Gasteiger partial charge in [0.1, 0.15) is 17.3 Å². The summed E-state index contributed by atoms with van der Waals surface area (Å²) in [5.41, 5.74) is 3.43. The van der Waals surface area contributed by atoms with Crippen LogP contribution in [0.3, 0.4) is 0 Å². The topological polar surface area (TPSA) is 103 Å². The standard InChI is InChI=1S/C32H35FN6O3/c1-42-29-7-5-6-26(33)25(29)20-39-19-23(9-11-28(39)32(41)38-16-3-2-4-17-38)35-31(40)22-8-10-27-24(18-22)30(37-36-27)21-12-14-34-15-13-21/h5-8,10,12-15,18,23,28H,2-4,9,11,16-17,19-20H2,1H3,(H,35,40)(H,36,37)/t23-,28?/m1/s1. The molecule has 10 heteroatoms. The molecule has 0 spiro atoms. The highest BCUT2D eigenvalue weighted by Gasteiger charge is 2.37. The minimum Gasteiger partial charge on any atom is -0.496 e. The van der Waals surface area contributed by atoms with Gasteiger partial charge in [-0.05, 0) is 74.6 Å². The third kappa shape index (κ3) is 5.72. The molecule has 6 rings (SSSR count). The van der Waals surface area contributed by atoms with E-state index in [1.54, 1.807) is 30.6 Å². The second-order valence-electron chi connectivity index (χ2n) is 11.1. The summed E-state index contributed by atoms with van der Waals surface area (Å²) in [5.74, 6) is -0.0383. The molecule has 2 aliphatic rings. The molecule has 4 aromatic rings. The molecule has 2 fully saturated rings. The minimum absolute atomic E-state index is 0.0869. The molecule has 1 unspecified atom stereocenters. The summed E-state index contributed by atoms with van der Waals surface area (Å²) in [4.78, 5) is 35.2. The number of carbonyl (C=O) groups is 2. The van der Waals surface area contributed by atoms with Crippen molar-refractivity contribution in [3.8, 4) is 17.0 Å². The fourth-order valence-corrected chi connectivity index (χ4v) is 6.18. The summed E-state index contributed by atoms with van der Waals surface area (Å²) in [5, 5.41) is 11.5. The monoisotopic (exact) mass is 570 g/mol. The summed E-state index contributed by atoms with van der Waals surface area (Å²) in [6.45, 7) is 2.14. The van der Waals surface area contributed by atoms with Crippen molar-refractivity contribution < 1.29 is 18.7 Å². The molecule has 2 aromatic heterocycles. The largest absolute Gasteiger partial charge is 0.496 e. The summed E-state index contributed by atoms with van der Waals surface area (Å²) in [7, 11) is 1.52. The van der Waals surface area contributed by atoms with Crippen LogP contribution in [0.15, 0.2) is 60.9 Å². The van der Waals surface area contributed by atoms with Gasteiger partial charge >= 0.3 is 0 Å². The first-order valence-electron chi connectivity index (χ1n) is 14.6. The Morgan fingerprint density at radius 1 is 1.07 bits per heavy atom. The lowest BCUT2D eigenvalue weighted by atomic mass is 9.95. The molecule has 0 radical (unpaired) electrons. The van der Waals surface area contributed by atoms with E-state index in [4.69, 9.17) is 4.74 Å². The number of amides is 2. The lowest BCUT2D eigenvalue weighted by Gasteiger charge is -2.42. The van der Waals surface area contributed by atoms with Crippen LogP contribution >= 0.6 is 0 Å². The summed E-state index contributed by atoms with van der Waals surface area (Å²) in [6, 6.07) is 13.4. The molecule has 0 saturated carbocycles. The zero-order chi connectivity index (χ0) is 29.1. The number of likely N-dealkylation sites (tertiary alicyclic amines) is 2. The number of rotatable bonds is 7. The third-order valence-electron chi connectivity index (χ3n) is 8.41. The maximum atomic E-state index is 15.0. The number of halogens is 1. The summed E-state index contributed by atoms with van der Waals surface area (Å²) >= 11 is 0. The van der Waals surface area contributed by atoms with Crippen molar-refractivity contribution >= 4 is 22.7 Å². The second-order valence-corrected chi connectivity index (χ2v) is 11.1. The number of ether oxygens (including phenoxy) is 1. The van der Waals surface area contributed by atoms with Crippen LogP contribution < -0.4 is 10.1 Å². The van der Waals surface area contributed by atoms with Gasteiger partial charge < -0.3 is 15.0 Å². The van der Waals surface area contributed by atoms with Crippen LogP contribution in [0, 0.1) is 5.82 Å². The lowest BCUT2D eigenvalue weighted by Crippen LogP contribution is -2.57. The van der Waals surface area contributed by atoms with Crippen molar-refractivity contribution in [1.29, 1.82) is 0 Å². The zero-order valence-electron chi connectivity index (χ0n) is 23.7. The van der Waals surface area contributed by atoms with Gasteiger partial charge in [-0.2, -0.15) is 5.10 Å². The Hall–Kier alpha value is -4.31. The Kier molecular flexibility index (Phi) is 8.14. The normalized spacial score (nSPS) is 19.5. The van der Waals surface area contributed by atoms with Crippen molar-refractivity contribution in [1.82, 2.24) is 30.3 Å². The van der Waals surface area contributed by atoms with E-state index in [0.717, 1.165) is 54.5 Å². The molecule has 2 N–H and O–H groups in total. The van der Waals surface area contributed by atoms with Crippen LogP contribution in [0.25, 0.3) is 22.2 Å². The predicted molar refractivity (Wildman–Crippen MR) is 157 cm³/mol. The summed E-state index contributed by atoms with van der Waals surface area (Å²) < 4.78 is 20.4. The van der Waals surface area contributed by atoms with Gasteiger partial charge in [0.05, 0.1) is 18.7 Å². The highest BCUT2D eigenvalue weighted by atomic mass is 19.1. The van der Waals surface area contributed by atoms with Gasteiger partial charge in [0, 0.05) is 66.7 Å². The number of piperidine rings is 2. The highest BCUT2D eigenvalue weighted by molar-refractivity contribution is 6.01. The smallest absolute Gasteiger partial charge is 0.251 e. The van der Waals surface area contributed by atoms with Crippen molar-refractivity contribution in [2.45, 2.75) is 50.7 Å². The van der Waals surface area contributed by atoms with E-state index in [2.05, 4.69) is 20.5 Å². The van der Waals surface area contributed by atoms with Crippen LogP contribution in [-0.2, 0) is 11.3 Å². The van der Waals surface area contributed by atoms with E-state index < -0.39 is 0 Å². The molecule has 0 aliphatic carbocycles. The van der Waals surface area contributed by atoms with Crippen LogP contribution in [0.4, 0.5) is 4.39 Å². The van der Waals surface area contributed by atoms with Crippen LogP contribution in [-0.4, -0.2) is 75.6 Å². The number of aromatic nitrogens is 3. The van der Waals surface area contributed by atoms with Gasteiger partial charge in [0.15, 0.2) is 0 Å². The first kappa shape index (κ1) is 27.8. The quantitative estimate of drug-likeness (QED) is 0.338. The fraction of sp³-hybridized carbons (Fsp3) is 0.375. The molecule has 218 valence electrons. The Labute approximate surface area is 244 Å². The van der Waals surface area contributed by atoms with Crippen molar-refractivity contribution in [3.05, 3.63) is 77.9 Å². The number of hydrogen-bond acceptors (Lipinski definition) is 6. The average Bonchev–Trinajstić information content (AvgIpc) is 3.46. The Balaban J connectivity index is 1.22. The Morgan fingerprint density at radius 3 is 2.67 bits per heavy atom. The molecule has 42 heavy (non-hydrogen) atoms. The van der Waals surface area contributed by atoms with E-state index in [0.29, 0.717) is 36.3 Å². The SMILES string of the molecule is COc1cccc(F)c1CN1C[C@H](NC(=O)c2ccc3[nH]nc(-c4ccncc4)c3c2)CCC1C(=O)N1CCCCC1.